The normalized spacial score (nSPS) is 11.5. The molecule has 0 saturated heterocycles. The summed E-state index contributed by atoms with van der Waals surface area (Å²) in [5.74, 6) is -0.0888. The maximum absolute atomic E-state index is 12.7. The lowest BCUT2D eigenvalue weighted by Crippen LogP contribution is -2.18. The fraction of sp³-hybridized carbons (Fsp3) is 0.125. The summed E-state index contributed by atoms with van der Waals surface area (Å²) in [5, 5.41) is 5.53. The number of benzene rings is 5. The Labute approximate surface area is 257 Å². The van der Waals surface area contributed by atoms with Crippen LogP contribution in [0.1, 0.15) is 47.8 Å². The average molecular weight is 574 g/mol. The summed E-state index contributed by atoms with van der Waals surface area (Å²) in [6.45, 7) is 3.84. The maximum Gasteiger partial charge on any atom is 0.226 e. The van der Waals surface area contributed by atoms with Gasteiger partial charge in [-0.2, -0.15) is 0 Å². The van der Waals surface area contributed by atoms with E-state index >= 15 is 0 Å². The Morgan fingerprint density at radius 1 is 0.614 bits per heavy atom. The number of H-pyrrole nitrogens is 2. The minimum Gasteiger partial charge on any atom is -0.358 e. The summed E-state index contributed by atoms with van der Waals surface area (Å²) >= 11 is 0. The molecule has 2 heterocycles. The largest absolute Gasteiger partial charge is 0.358 e. The Morgan fingerprint density at radius 2 is 1.14 bits per heavy atom. The molecule has 3 N–H and O–H groups in total. The monoisotopic (exact) mass is 573 g/mol. The second kappa shape index (κ2) is 11.7. The third kappa shape index (κ3) is 5.09. The molecule has 0 aliphatic heterocycles. The van der Waals surface area contributed by atoms with Crippen LogP contribution in [0.4, 0.5) is 5.69 Å². The van der Waals surface area contributed by atoms with Gasteiger partial charge >= 0.3 is 0 Å². The molecule has 0 saturated carbocycles. The number of carbonyl (C=O) groups is 1. The van der Waals surface area contributed by atoms with E-state index in [2.05, 4.69) is 131 Å². The van der Waals surface area contributed by atoms with Crippen LogP contribution >= 0.6 is 0 Å². The van der Waals surface area contributed by atoms with E-state index < -0.39 is 0 Å². The number of para-hydroxylation sites is 3. The van der Waals surface area contributed by atoms with Crippen LogP contribution in [0, 0.1) is 5.92 Å². The van der Waals surface area contributed by atoms with E-state index in [1.54, 1.807) is 0 Å². The van der Waals surface area contributed by atoms with Crippen LogP contribution in [0.15, 0.2) is 133 Å². The van der Waals surface area contributed by atoms with E-state index in [1.165, 1.54) is 33.0 Å². The molecule has 0 atom stereocenters. The van der Waals surface area contributed by atoms with Gasteiger partial charge in [-0.3, -0.25) is 4.79 Å². The number of anilines is 1. The molecule has 4 nitrogen and oxygen atoms in total. The first kappa shape index (κ1) is 27.5. The van der Waals surface area contributed by atoms with Crippen molar-refractivity contribution in [1.82, 2.24) is 9.97 Å². The Hall–Kier alpha value is -5.35. The second-order valence-corrected chi connectivity index (χ2v) is 11.7. The molecule has 0 spiro atoms. The van der Waals surface area contributed by atoms with Crippen molar-refractivity contribution in [1.29, 1.82) is 0 Å². The van der Waals surface area contributed by atoms with Gasteiger partial charge in [-0.15, -0.1) is 0 Å². The van der Waals surface area contributed by atoms with Crippen molar-refractivity contribution in [3.05, 3.63) is 162 Å². The number of aromatic nitrogens is 2. The standard InChI is InChI=1S/C40H35N3O/c1-26(2)40(44)43-32-22-12-9-19-29(32)25-35-37(30-20-10-13-23-33(30)41-35)38-31-21-11-14-24-34(31)42-39(38)36(27-15-5-3-6-16-27)28-17-7-4-8-18-28/h3-24,26,36,41-42H,25H2,1-2H3,(H,43,44). The molecule has 2 aromatic heterocycles. The first-order valence-electron chi connectivity index (χ1n) is 15.3. The molecule has 0 aliphatic rings. The highest BCUT2D eigenvalue weighted by atomic mass is 16.1. The van der Waals surface area contributed by atoms with E-state index in [0.29, 0.717) is 6.42 Å². The Kier molecular flexibility index (Phi) is 7.33. The number of aromatic amines is 2. The summed E-state index contributed by atoms with van der Waals surface area (Å²) in [6.07, 6.45) is 0.638. The van der Waals surface area contributed by atoms with Gasteiger partial charge in [0.2, 0.25) is 5.91 Å². The van der Waals surface area contributed by atoms with Crippen molar-refractivity contribution in [3.8, 4) is 11.1 Å². The van der Waals surface area contributed by atoms with Gasteiger partial charge in [0, 0.05) is 68.3 Å². The molecule has 4 heteroatoms. The predicted molar refractivity (Wildman–Crippen MR) is 182 cm³/mol. The molecule has 0 aliphatic carbocycles. The summed E-state index contributed by atoms with van der Waals surface area (Å²) in [7, 11) is 0. The highest BCUT2D eigenvalue weighted by molar-refractivity contribution is 6.08. The molecule has 7 rings (SSSR count). The molecule has 0 bridgehead atoms. The third-order valence-electron chi connectivity index (χ3n) is 8.49. The molecule has 0 unspecified atom stereocenters. The quantitative estimate of drug-likeness (QED) is 0.167. The van der Waals surface area contributed by atoms with Gasteiger partial charge in [-0.25, -0.2) is 0 Å². The smallest absolute Gasteiger partial charge is 0.226 e. The van der Waals surface area contributed by atoms with Crippen molar-refractivity contribution in [2.75, 3.05) is 5.32 Å². The van der Waals surface area contributed by atoms with Crippen LogP contribution in [-0.2, 0) is 11.2 Å². The molecular formula is C40H35N3O. The van der Waals surface area contributed by atoms with Gasteiger partial charge < -0.3 is 15.3 Å². The molecule has 44 heavy (non-hydrogen) atoms. The van der Waals surface area contributed by atoms with Gasteiger partial charge in [0.25, 0.3) is 0 Å². The number of rotatable bonds is 8. The first-order chi connectivity index (χ1) is 21.6. The number of nitrogens with one attached hydrogen (secondary N) is 3. The van der Waals surface area contributed by atoms with Crippen molar-refractivity contribution in [2.24, 2.45) is 5.92 Å². The zero-order valence-electron chi connectivity index (χ0n) is 25.0. The van der Waals surface area contributed by atoms with E-state index in [9.17, 15) is 4.79 Å². The lowest BCUT2D eigenvalue weighted by atomic mass is 9.84. The molecule has 5 aromatic carbocycles. The number of amides is 1. The van der Waals surface area contributed by atoms with E-state index in [4.69, 9.17) is 0 Å². The summed E-state index contributed by atoms with van der Waals surface area (Å²) in [5.41, 5.74) is 11.2. The molecule has 0 fully saturated rings. The van der Waals surface area contributed by atoms with Crippen LogP contribution in [-0.4, -0.2) is 15.9 Å². The summed E-state index contributed by atoms with van der Waals surface area (Å²) in [4.78, 5) is 20.4. The average Bonchev–Trinajstić information content (AvgIpc) is 3.60. The highest BCUT2D eigenvalue weighted by Crippen LogP contribution is 2.45. The van der Waals surface area contributed by atoms with Crippen molar-refractivity contribution in [3.63, 3.8) is 0 Å². The zero-order valence-corrected chi connectivity index (χ0v) is 25.0. The minimum absolute atomic E-state index is 0.000992. The van der Waals surface area contributed by atoms with Crippen LogP contribution < -0.4 is 5.32 Å². The van der Waals surface area contributed by atoms with Gasteiger partial charge in [-0.1, -0.05) is 129 Å². The van der Waals surface area contributed by atoms with E-state index in [1.807, 2.05) is 32.0 Å². The SMILES string of the molecule is CC(C)C(=O)Nc1ccccc1Cc1[nH]c2ccccc2c1-c1c(C(c2ccccc2)c2ccccc2)[nH]c2ccccc12. The lowest BCUT2D eigenvalue weighted by molar-refractivity contribution is -0.118. The van der Waals surface area contributed by atoms with Gasteiger partial charge in [0.05, 0.1) is 0 Å². The number of fused-ring (bicyclic) bond motifs is 2. The molecule has 216 valence electrons. The van der Waals surface area contributed by atoms with E-state index in [-0.39, 0.29) is 17.7 Å². The summed E-state index contributed by atoms with van der Waals surface area (Å²) in [6, 6.07) is 46.8. The molecular weight excluding hydrogens is 538 g/mol. The maximum atomic E-state index is 12.7. The fourth-order valence-electron chi connectivity index (χ4n) is 6.35. The Bertz CT molecular complexity index is 2030. The fourth-order valence-corrected chi connectivity index (χ4v) is 6.35. The number of carbonyl (C=O) groups excluding carboxylic acids is 1. The van der Waals surface area contributed by atoms with Crippen molar-refractivity contribution >= 4 is 33.4 Å². The van der Waals surface area contributed by atoms with Crippen LogP contribution in [0.2, 0.25) is 0 Å². The van der Waals surface area contributed by atoms with Crippen molar-refractivity contribution in [2.45, 2.75) is 26.2 Å². The number of hydrogen-bond donors (Lipinski definition) is 3. The van der Waals surface area contributed by atoms with Crippen LogP contribution in [0.25, 0.3) is 32.9 Å². The lowest BCUT2D eigenvalue weighted by Gasteiger charge is -2.20. The van der Waals surface area contributed by atoms with E-state index in [0.717, 1.165) is 33.7 Å². The first-order valence-corrected chi connectivity index (χ1v) is 15.3. The molecule has 7 aromatic rings. The Morgan fingerprint density at radius 3 is 1.77 bits per heavy atom. The van der Waals surface area contributed by atoms with Gasteiger partial charge in [0.1, 0.15) is 0 Å². The second-order valence-electron chi connectivity index (χ2n) is 11.7. The van der Waals surface area contributed by atoms with Gasteiger partial charge in [-0.05, 0) is 34.9 Å². The highest BCUT2D eigenvalue weighted by Gasteiger charge is 2.28. The van der Waals surface area contributed by atoms with Gasteiger partial charge in [0.15, 0.2) is 0 Å². The van der Waals surface area contributed by atoms with Crippen LogP contribution in [0.5, 0.6) is 0 Å². The zero-order chi connectivity index (χ0) is 30.0. The minimum atomic E-state index is -0.103. The molecule has 0 radical (unpaired) electrons. The third-order valence-corrected chi connectivity index (χ3v) is 8.49. The molecule has 1 amide bonds. The van der Waals surface area contributed by atoms with Crippen LogP contribution in [0.3, 0.4) is 0 Å². The van der Waals surface area contributed by atoms with Crippen molar-refractivity contribution < 1.29 is 4.79 Å². The topological polar surface area (TPSA) is 60.7 Å². The summed E-state index contributed by atoms with van der Waals surface area (Å²) < 4.78 is 0. The predicted octanol–water partition coefficient (Wildman–Crippen LogP) is 9.68. The Balaban J connectivity index is 1.48. The number of hydrogen-bond acceptors (Lipinski definition) is 1.